The summed E-state index contributed by atoms with van der Waals surface area (Å²) in [5.41, 5.74) is 5.05. The van der Waals surface area contributed by atoms with Gasteiger partial charge in [-0.3, -0.25) is 13.6 Å². The lowest BCUT2D eigenvalue weighted by atomic mass is 10.1. The third-order valence-electron chi connectivity index (χ3n) is 8.54. The molecule has 1 aromatic heterocycles. The van der Waals surface area contributed by atoms with Crippen molar-refractivity contribution >= 4 is 25.4 Å². The van der Waals surface area contributed by atoms with E-state index in [1.54, 1.807) is 0 Å². The Bertz CT molecular complexity index is 1020. The first kappa shape index (κ1) is 41.2. The summed E-state index contributed by atoms with van der Waals surface area (Å²) in [6.45, 7) is 7.10. The van der Waals surface area contributed by atoms with Crippen molar-refractivity contribution < 1.29 is 28.0 Å². The van der Waals surface area contributed by atoms with Crippen molar-refractivity contribution in [1.82, 2.24) is 9.55 Å². The summed E-state index contributed by atoms with van der Waals surface area (Å²) < 4.78 is 36.2. The first-order valence-electron chi connectivity index (χ1n) is 18.1. The minimum Gasteiger partial charge on any atom is -0.383 e. The fraction of sp³-hybridized carbons (Fsp3) is 0.882. The maximum Gasteiger partial charge on any atom is 0.472 e. The Hall–Kier alpha value is -0.940. The van der Waals surface area contributed by atoms with Crippen molar-refractivity contribution in [2.75, 3.05) is 31.3 Å². The largest absolute Gasteiger partial charge is 0.472 e. The zero-order valence-electron chi connectivity index (χ0n) is 29.0. The maximum absolute atomic E-state index is 12.4. The molecule has 1 aromatic rings. The molecular weight excluding hydrogens is 625 g/mol. The molecule has 268 valence electrons. The second kappa shape index (κ2) is 25.1. The number of hydrogen-bond donors (Lipinski definition) is 2. The molecule has 0 spiro atoms. The lowest BCUT2D eigenvalue weighted by molar-refractivity contribution is -0.0263. The van der Waals surface area contributed by atoms with Crippen molar-refractivity contribution in [3.05, 3.63) is 22.7 Å². The van der Waals surface area contributed by atoms with E-state index in [1.165, 1.54) is 119 Å². The van der Waals surface area contributed by atoms with Crippen LogP contribution in [0.3, 0.4) is 0 Å². The molecule has 0 radical (unpaired) electrons. The van der Waals surface area contributed by atoms with Crippen LogP contribution in [0.1, 0.15) is 149 Å². The number of anilines is 1. The Balaban J connectivity index is 1.61. The SMILES string of the molecule is CCCCCCCCCCCCSC(CCCCCCC)C(C)OCCCOP(=O)(O)OC[C@@H]1CC[C@H](n2ccc(N)nc2=O)O1. The van der Waals surface area contributed by atoms with Crippen LogP contribution in [0.15, 0.2) is 17.1 Å². The molecule has 46 heavy (non-hydrogen) atoms. The van der Waals surface area contributed by atoms with E-state index in [0.29, 0.717) is 31.1 Å². The van der Waals surface area contributed by atoms with Gasteiger partial charge in [0.05, 0.1) is 25.4 Å². The summed E-state index contributed by atoms with van der Waals surface area (Å²) in [5.74, 6) is 1.32. The molecule has 3 N–H and O–H groups in total. The molecule has 10 nitrogen and oxygen atoms in total. The molecule has 0 amide bonds. The van der Waals surface area contributed by atoms with Crippen LogP contribution in [0, 0.1) is 0 Å². The van der Waals surface area contributed by atoms with Gasteiger partial charge in [0.2, 0.25) is 0 Å². The first-order chi connectivity index (χ1) is 22.3. The number of ether oxygens (including phenoxy) is 2. The Morgan fingerprint density at radius 1 is 0.957 bits per heavy atom. The molecule has 1 saturated heterocycles. The van der Waals surface area contributed by atoms with E-state index in [-0.39, 0.29) is 25.1 Å². The van der Waals surface area contributed by atoms with Crippen molar-refractivity contribution in [3.8, 4) is 0 Å². The molecule has 2 heterocycles. The van der Waals surface area contributed by atoms with E-state index < -0.39 is 25.8 Å². The molecule has 12 heteroatoms. The Labute approximate surface area is 282 Å². The van der Waals surface area contributed by atoms with Crippen LogP contribution in [0.25, 0.3) is 0 Å². The van der Waals surface area contributed by atoms with Gasteiger partial charge in [0.15, 0.2) is 0 Å². The first-order valence-corrected chi connectivity index (χ1v) is 20.6. The van der Waals surface area contributed by atoms with Crippen LogP contribution >= 0.6 is 19.6 Å². The standard InChI is InChI=1S/C34H64N3O7PS/c1-4-6-8-10-11-12-13-14-16-18-27-46-31(20-17-15-9-7-5-2)29(3)41-25-19-26-42-45(39,40)43-28-30-21-22-33(44-30)37-24-23-32(35)36-34(37)38/h23-24,29-31,33H,4-22,25-28H2,1-3H3,(H,39,40)(H2,35,36,38)/t29?,30-,31?,33+/m0/s1. The van der Waals surface area contributed by atoms with Gasteiger partial charge in [-0.2, -0.15) is 16.7 Å². The van der Waals surface area contributed by atoms with E-state index in [9.17, 15) is 14.3 Å². The number of nitrogens with two attached hydrogens (primary N) is 1. The molecule has 1 aliphatic rings. The summed E-state index contributed by atoms with van der Waals surface area (Å²) in [4.78, 5) is 25.9. The van der Waals surface area contributed by atoms with E-state index in [2.05, 4.69) is 37.5 Å². The molecule has 0 aromatic carbocycles. The van der Waals surface area contributed by atoms with Crippen LogP contribution in [-0.4, -0.2) is 57.5 Å². The number of aromatic nitrogens is 2. The Morgan fingerprint density at radius 2 is 1.59 bits per heavy atom. The highest BCUT2D eigenvalue weighted by molar-refractivity contribution is 7.99. The molecule has 0 aliphatic carbocycles. The summed E-state index contributed by atoms with van der Waals surface area (Å²) in [5, 5.41) is 0.462. The summed E-state index contributed by atoms with van der Waals surface area (Å²) in [6.07, 6.45) is 23.4. The summed E-state index contributed by atoms with van der Waals surface area (Å²) in [6, 6.07) is 1.53. The monoisotopic (exact) mass is 689 g/mol. The molecule has 1 aliphatic heterocycles. The van der Waals surface area contributed by atoms with Gasteiger partial charge in [0, 0.05) is 18.1 Å². The number of nitrogens with zero attached hydrogens (tertiary/aromatic N) is 2. The average molecular weight is 690 g/mol. The summed E-state index contributed by atoms with van der Waals surface area (Å²) >= 11 is 2.06. The molecule has 0 saturated carbocycles. The van der Waals surface area contributed by atoms with Gasteiger partial charge >= 0.3 is 13.5 Å². The fourth-order valence-electron chi connectivity index (χ4n) is 5.72. The highest BCUT2D eigenvalue weighted by atomic mass is 32.2. The number of thioether (sulfide) groups is 1. The predicted octanol–water partition coefficient (Wildman–Crippen LogP) is 8.82. The fourth-order valence-corrected chi connectivity index (χ4v) is 7.86. The zero-order valence-corrected chi connectivity index (χ0v) is 30.7. The second-order valence-electron chi connectivity index (χ2n) is 12.7. The minimum absolute atomic E-state index is 0.0641. The van der Waals surface area contributed by atoms with Gasteiger partial charge in [-0.15, -0.1) is 0 Å². The van der Waals surface area contributed by atoms with E-state index in [1.807, 2.05) is 0 Å². The van der Waals surface area contributed by atoms with Gasteiger partial charge in [-0.05, 0) is 50.8 Å². The van der Waals surface area contributed by atoms with Gasteiger partial charge in [0.25, 0.3) is 0 Å². The van der Waals surface area contributed by atoms with Crippen LogP contribution in [0.4, 0.5) is 5.82 Å². The van der Waals surface area contributed by atoms with Crippen molar-refractivity contribution in [3.63, 3.8) is 0 Å². The van der Waals surface area contributed by atoms with Crippen molar-refractivity contribution in [2.24, 2.45) is 0 Å². The number of nitrogen functional groups attached to an aromatic ring is 1. The summed E-state index contributed by atoms with van der Waals surface area (Å²) in [7, 11) is -4.23. The van der Waals surface area contributed by atoms with Crippen LogP contribution in [0.2, 0.25) is 0 Å². The lowest BCUT2D eigenvalue weighted by Crippen LogP contribution is -2.27. The molecular formula is C34H64N3O7PS. The highest BCUT2D eigenvalue weighted by Crippen LogP contribution is 2.44. The molecule has 0 bridgehead atoms. The smallest absolute Gasteiger partial charge is 0.383 e. The third kappa shape index (κ3) is 18.6. The topological polar surface area (TPSA) is 135 Å². The Kier molecular flexibility index (Phi) is 22.5. The third-order valence-corrected chi connectivity index (χ3v) is 11.1. The van der Waals surface area contributed by atoms with Gasteiger partial charge in [0.1, 0.15) is 12.0 Å². The van der Waals surface area contributed by atoms with E-state index in [0.717, 1.165) is 6.42 Å². The van der Waals surface area contributed by atoms with Crippen molar-refractivity contribution in [1.29, 1.82) is 0 Å². The molecule has 5 atom stereocenters. The predicted molar refractivity (Wildman–Crippen MR) is 189 cm³/mol. The lowest BCUT2D eigenvalue weighted by Gasteiger charge is -2.24. The molecule has 1 fully saturated rings. The normalized spacial score (nSPS) is 19.3. The average Bonchev–Trinajstić information content (AvgIpc) is 3.50. The maximum atomic E-state index is 12.4. The number of phosphoric acid groups is 1. The van der Waals surface area contributed by atoms with Crippen LogP contribution < -0.4 is 11.4 Å². The molecule has 2 rings (SSSR count). The highest BCUT2D eigenvalue weighted by Gasteiger charge is 2.31. The van der Waals surface area contributed by atoms with Crippen molar-refractivity contribution in [2.45, 2.75) is 166 Å². The molecule has 3 unspecified atom stereocenters. The quantitative estimate of drug-likeness (QED) is 0.0620. The zero-order chi connectivity index (χ0) is 33.5. The number of unbranched alkanes of at least 4 members (excludes halogenated alkanes) is 13. The van der Waals surface area contributed by atoms with Gasteiger partial charge in [-0.1, -0.05) is 104 Å². The van der Waals surface area contributed by atoms with Crippen LogP contribution in [-0.2, 0) is 23.1 Å². The number of phosphoric ester groups is 1. The second-order valence-corrected chi connectivity index (χ2v) is 15.5. The van der Waals surface area contributed by atoms with Gasteiger partial charge in [-0.25, -0.2) is 9.36 Å². The minimum atomic E-state index is -4.23. The van der Waals surface area contributed by atoms with Crippen LogP contribution in [0.5, 0.6) is 0 Å². The van der Waals surface area contributed by atoms with E-state index >= 15 is 0 Å². The number of rotatable bonds is 29. The Morgan fingerprint density at radius 3 is 2.24 bits per heavy atom. The number of hydrogen-bond acceptors (Lipinski definition) is 9. The van der Waals surface area contributed by atoms with Gasteiger partial charge < -0.3 is 20.1 Å². The van der Waals surface area contributed by atoms with E-state index in [4.69, 9.17) is 24.3 Å².